The number of pyridine rings is 1. The van der Waals surface area contributed by atoms with E-state index in [1.54, 1.807) is 5.01 Å². The summed E-state index contributed by atoms with van der Waals surface area (Å²) >= 11 is 0. The Morgan fingerprint density at radius 2 is 2.06 bits per heavy atom. The number of hydrogen-bond acceptors (Lipinski definition) is 8. The van der Waals surface area contributed by atoms with Crippen LogP contribution in [0.4, 0.5) is 8.78 Å². The van der Waals surface area contributed by atoms with Crippen molar-refractivity contribution >= 4 is 11.7 Å². The van der Waals surface area contributed by atoms with Crippen LogP contribution in [-0.2, 0) is 20.6 Å². The van der Waals surface area contributed by atoms with E-state index in [4.69, 9.17) is 14.2 Å². The standard InChI is InChI=1S/C24H27F2N3O7/c1-34-7-6-28-14-27(11-17-13-35-8-9-36-17)24(33)21-23(32)22(31)18(12-29(21)28)20(30)5-3-15-2-4-16(25)10-19(15)26/h2,4,10,12,17,32H,3,5-9,11,13-14H2,1H3. The van der Waals surface area contributed by atoms with Crippen LogP contribution >= 0.6 is 0 Å². The van der Waals surface area contributed by atoms with Gasteiger partial charge in [-0.05, 0) is 18.1 Å². The highest BCUT2D eigenvalue weighted by Gasteiger charge is 2.35. The molecule has 2 aliphatic rings. The van der Waals surface area contributed by atoms with Crippen molar-refractivity contribution in [3.8, 4) is 5.75 Å². The van der Waals surface area contributed by atoms with E-state index < -0.39 is 34.5 Å². The molecule has 0 radical (unpaired) electrons. The Morgan fingerprint density at radius 3 is 2.75 bits per heavy atom. The summed E-state index contributed by atoms with van der Waals surface area (Å²) in [6.07, 6.45) is 0.524. The largest absolute Gasteiger partial charge is 0.502 e. The SMILES string of the molecule is COCCN1CN(CC2COCCO2)C(=O)c2c(O)c(=O)c(C(=O)CCc3ccc(F)cc3F)cn21. The van der Waals surface area contributed by atoms with Crippen molar-refractivity contribution in [1.29, 1.82) is 0 Å². The maximum absolute atomic E-state index is 14.0. The van der Waals surface area contributed by atoms with Crippen LogP contribution in [0, 0.1) is 11.6 Å². The summed E-state index contributed by atoms with van der Waals surface area (Å²) in [6, 6.07) is 3.03. The molecule has 12 heteroatoms. The fraction of sp³-hybridized carbons (Fsp3) is 0.458. The molecule has 2 aliphatic heterocycles. The number of hydrogen-bond donors (Lipinski definition) is 1. The molecule has 4 rings (SSSR count). The van der Waals surface area contributed by atoms with E-state index >= 15 is 0 Å². The number of aryl methyl sites for hydroxylation is 1. The van der Waals surface area contributed by atoms with Crippen LogP contribution in [0.15, 0.2) is 29.2 Å². The van der Waals surface area contributed by atoms with Gasteiger partial charge in [0.2, 0.25) is 5.43 Å². The maximum atomic E-state index is 14.0. The van der Waals surface area contributed by atoms with Gasteiger partial charge in [-0.1, -0.05) is 6.07 Å². The summed E-state index contributed by atoms with van der Waals surface area (Å²) in [5, 5.41) is 12.4. The monoisotopic (exact) mass is 507 g/mol. The summed E-state index contributed by atoms with van der Waals surface area (Å²) in [5.74, 6) is -3.63. The van der Waals surface area contributed by atoms with E-state index in [1.165, 1.54) is 28.9 Å². The zero-order valence-electron chi connectivity index (χ0n) is 19.7. The zero-order valence-corrected chi connectivity index (χ0v) is 19.7. The van der Waals surface area contributed by atoms with Crippen molar-refractivity contribution in [2.24, 2.45) is 0 Å². The Hall–Kier alpha value is -3.35. The second kappa shape index (κ2) is 11.1. The molecule has 1 aromatic heterocycles. The van der Waals surface area contributed by atoms with E-state index in [9.17, 15) is 28.3 Å². The minimum Gasteiger partial charge on any atom is -0.502 e. The van der Waals surface area contributed by atoms with Crippen LogP contribution in [0.1, 0.15) is 32.8 Å². The molecular weight excluding hydrogens is 480 g/mol. The van der Waals surface area contributed by atoms with E-state index in [2.05, 4.69) is 0 Å². The smallest absolute Gasteiger partial charge is 0.277 e. The van der Waals surface area contributed by atoms with Crippen LogP contribution in [-0.4, -0.2) is 85.8 Å². The van der Waals surface area contributed by atoms with Crippen molar-refractivity contribution in [3.05, 3.63) is 63.1 Å². The predicted molar refractivity (Wildman–Crippen MR) is 123 cm³/mol. The van der Waals surface area contributed by atoms with Gasteiger partial charge in [0.05, 0.1) is 51.2 Å². The number of methoxy groups -OCH3 is 1. The lowest BCUT2D eigenvalue weighted by Gasteiger charge is -2.41. The number of Topliss-reactive ketones (excluding diaryl/α,β-unsaturated/α-hetero) is 1. The molecule has 0 saturated carbocycles. The number of nitrogens with zero attached hydrogens (tertiary/aromatic N) is 3. The average Bonchev–Trinajstić information content (AvgIpc) is 2.86. The van der Waals surface area contributed by atoms with E-state index in [1.807, 2.05) is 0 Å². The minimum absolute atomic E-state index is 0.0730. The number of carbonyl (C=O) groups excluding carboxylic acids is 2. The molecule has 36 heavy (non-hydrogen) atoms. The van der Waals surface area contributed by atoms with E-state index in [0.717, 1.165) is 12.1 Å². The number of aromatic hydroxyl groups is 1. The molecule has 0 aliphatic carbocycles. The Morgan fingerprint density at radius 1 is 1.25 bits per heavy atom. The van der Waals surface area contributed by atoms with Gasteiger partial charge >= 0.3 is 0 Å². The first-order valence-electron chi connectivity index (χ1n) is 11.5. The van der Waals surface area contributed by atoms with E-state index in [-0.39, 0.29) is 62.1 Å². The van der Waals surface area contributed by atoms with Crippen molar-refractivity contribution in [2.45, 2.75) is 18.9 Å². The molecule has 1 saturated heterocycles. The van der Waals surface area contributed by atoms with Gasteiger partial charge in [-0.3, -0.25) is 24.1 Å². The number of ether oxygens (including phenoxy) is 3. The topological polar surface area (TPSA) is 111 Å². The van der Waals surface area contributed by atoms with Gasteiger partial charge in [0, 0.05) is 25.8 Å². The predicted octanol–water partition coefficient (Wildman–Crippen LogP) is 1.06. The number of ketones is 1. The number of halogens is 2. The molecule has 194 valence electrons. The van der Waals surface area contributed by atoms with Gasteiger partial charge in [-0.2, -0.15) is 0 Å². The number of rotatable bonds is 9. The molecule has 1 aromatic carbocycles. The van der Waals surface area contributed by atoms with Gasteiger partial charge in [0.15, 0.2) is 17.2 Å². The highest BCUT2D eigenvalue weighted by Crippen LogP contribution is 2.23. The van der Waals surface area contributed by atoms with Crippen molar-refractivity contribution in [1.82, 2.24) is 9.58 Å². The molecule has 0 spiro atoms. The third-order valence-corrected chi connectivity index (χ3v) is 6.09. The van der Waals surface area contributed by atoms with Gasteiger partial charge < -0.3 is 24.2 Å². The molecule has 10 nitrogen and oxygen atoms in total. The van der Waals surface area contributed by atoms with Crippen molar-refractivity contribution in [3.63, 3.8) is 0 Å². The Kier molecular flexibility index (Phi) is 7.97. The molecule has 1 amide bonds. The fourth-order valence-electron chi connectivity index (χ4n) is 4.20. The van der Waals surface area contributed by atoms with E-state index in [0.29, 0.717) is 19.8 Å². The van der Waals surface area contributed by atoms with Gasteiger partial charge in [0.25, 0.3) is 5.91 Å². The van der Waals surface area contributed by atoms with Gasteiger partial charge in [0.1, 0.15) is 18.3 Å². The summed E-state index contributed by atoms with van der Waals surface area (Å²) in [5.41, 5.74) is -1.50. The lowest BCUT2D eigenvalue weighted by molar-refractivity contribution is -0.0955. The lowest BCUT2D eigenvalue weighted by atomic mass is 10.0. The number of aromatic nitrogens is 1. The number of fused-ring (bicyclic) bond motifs is 1. The summed E-state index contributed by atoms with van der Waals surface area (Å²) < 4.78 is 44.6. The molecular formula is C24H27F2N3O7. The van der Waals surface area contributed by atoms with Crippen LogP contribution in [0.3, 0.4) is 0 Å². The normalized spacial score (nSPS) is 17.9. The Balaban J connectivity index is 1.61. The first-order chi connectivity index (χ1) is 17.3. The Labute approximate surface area is 205 Å². The fourth-order valence-corrected chi connectivity index (χ4v) is 4.20. The van der Waals surface area contributed by atoms with Gasteiger partial charge in [-0.15, -0.1) is 0 Å². The summed E-state index contributed by atoms with van der Waals surface area (Å²) in [6.45, 7) is 1.99. The first kappa shape index (κ1) is 25.7. The second-order valence-electron chi connectivity index (χ2n) is 8.53. The number of amides is 1. The second-order valence-corrected chi connectivity index (χ2v) is 8.53. The first-order valence-corrected chi connectivity index (χ1v) is 11.5. The lowest BCUT2D eigenvalue weighted by Crippen LogP contribution is -2.57. The third-order valence-electron chi connectivity index (χ3n) is 6.09. The average molecular weight is 507 g/mol. The molecule has 1 atom stereocenters. The highest BCUT2D eigenvalue weighted by molar-refractivity contribution is 6.00. The minimum atomic E-state index is -0.995. The highest BCUT2D eigenvalue weighted by atomic mass is 19.1. The van der Waals surface area contributed by atoms with Crippen LogP contribution in [0.25, 0.3) is 0 Å². The van der Waals surface area contributed by atoms with Crippen LogP contribution in [0.5, 0.6) is 5.75 Å². The van der Waals surface area contributed by atoms with Crippen molar-refractivity contribution in [2.75, 3.05) is 58.3 Å². The number of carbonyl (C=O) groups is 2. The maximum Gasteiger partial charge on any atom is 0.277 e. The Bertz CT molecular complexity index is 1200. The third kappa shape index (κ3) is 5.40. The summed E-state index contributed by atoms with van der Waals surface area (Å²) in [7, 11) is 1.51. The number of benzene rings is 1. The quantitative estimate of drug-likeness (QED) is 0.502. The van der Waals surface area contributed by atoms with Gasteiger partial charge in [-0.25, -0.2) is 8.78 Å². The van der Waals surface area contributed by atoms with Crippen LogP contribution in [0.2, 0.25) is 0 Å². The summed E-state index contributed by atoms with van der Waals surface area (Å²) in [4.78, 5) is 40.5. The van der Waals surface area contributed by atoms with Crippen LogP contribution < -0.4 is 10.4 Å². The van der Waals surface area contributed by atoms with Crippen molar-refractivity contribution < 1.29 is 37.7 Å². The molecule has 2 aromatic rings. The molecule has 0 bridgehead atoms. The molecule has 1 unspecified atom stereocenters. The molecule has 1 N–H and O–H groups in total. The zero-order chi connectivity index (χ0) is 25.8. The molecule has 1 fully saturated rings. The molecule has 3 heterocycles.